The molecule has 0 aliphatic carbocycles. The fourth-order valence-electron chi connectivity index (χ4n) is 2.72. The maximum Gasteiger partial charge on any atom is 0.279 e. The molecule has 1 atom stereocenters. The topological polar surface area (TPSA) is 78.5 Å². The van der Waals surface area contributed by atoms with Crippen LogP contribution >= 0.6 is 0 Å². The lowest BCUT2D eigenvalue weighted by Gasteiger charge is -2.30. The molecule has 6 nitrogen and oxygen atoms in total. The highest BCUT2D eigenvalue weighted by Crippen LogP contribution is 2.18. The molecule has 2 N–H and O–H groups in total. The molecule has 0 saturated carbocycles. The minimum absolute atomic E-state index is 0.151. The summed E-state index contributed by atoms with van der Waals surface area (Å²) >= 11 is 0. The van der Waals surface area contributed by atoms with Crippen molar-refractivity contribution in [2.24, 2.45) is 5.92 Å². The summed E-state index contributed by atoms with van der Waals surface area (Å²) in [6.45, 7) is 5.79. The Balaban J connectivity index is 1.99. The summed E-state index contributed by atoms with van der Waals surface area (Å²) in [5, 5.41) is 2.73. The molecule has 1 aliphatic rings. The van der Waals surface area contributed by atoms with Crippen molar-refractivity contribution in [3.8, 4) is 0 Å². The minimum atomic E-state index is -3.47. The Morgan fingerprint density at radius 3 is 2.87 bits per heavy atom. The molecule has 0 spiro atoms. The van der Waals surface area contributed by atoms with E-state index in [2.05, 4.69) is 17.0 Å². The van der Waals surface area contributed by atoms with Gasteiger partial charge in [0.2, 0.25) is 0 Å². The highest BCUT2D eigenvalue weighted by molar-refractivity contribution is 7.87. The number of hydrogen-bond donors (Lipinski definition) is 2. The molecule has 0 bridgehead atoms. The van der Waals surface area contributed by atoms with Crippen LogP contribution in [0, 0.1) is 5.92 Å². The van der Waals surface area contributed by atoms with Crippen molar-refractivity contribution >= 4 is 16.1 Å². The zero-order valence-electron chi connectivity index (χ0n) is 13.7. The Morgan fingerprint density at radius 1 is 1.39 bits per heavy atom. The Kier molecular flexibility index (Phi) is 6.15. The molecule has 1 fully saturated rings. The van der Waals surface area contributed by atoms with Crippen molar-refractivity contribution in [3.05, 3.63) is 35.4 Å². The van der Waals surface area contributed by atoms with E-state index in [1.54, 1.807) is 18.2 Å². The lowest BCUT2D eigenvalue weighted by molar-refractivity contribution is 0.0955. The largest absolute Gasteiger partial charge is 0.352 e. The summed E-state index contributed by atoms with van der Waals surface area (Å²) in [6.07, 6.45) is 1.97. The van der Waals surface area contributed by atoms with Gasteiger partial charge in [0.25, 0.3) is 16.1 Å². The van der Waals surface area contributed by atoms with Crippen molar-refractivity contribution < 1.29 is 13.2 Å². The quantitative estimate of drug-likeness (QED) is 0.824. The number of benzene rings is 1. The lowest BCUT2D eigenvalue weighted by atomic mass is 10.0. The second-order valence-electron chi connectivity index (χ2n) is 5.99. The van der Waals surface area contributed by atoms with Crippen LogP contribution in [0.1, 0.15) is 42.6 Å². The highest BCUT2D eigenvalue weighted by Gasteiger charge is 2.26. The monoisotopic (exact) mass is 339 g/mol. The number of piperidine rings is 1. The molecule has 1 unspecified atom stereocenters. The smallest absolute Gasteiger partial charge is 0.279 e. The van der Waals surface area contributed by atoms with Gasteiger partial charge in [0.15, 0.2) is 0 Å². The number of rotatable bonds is 6. The molecule has 1 aromatic carbocycles. The average molecular weight is 339 g/mol. The summed E-state index contributed by atoms with van der Waals surface area (Å²) in [5.41, 5.74) is 1.30. The molecule has 1 aromatic rings. The van der Waals surface area contributed by atoms with Gasteiger partial charge in [-0.25, -0.2) is 0 Å². The Bertz CT molecular complexity index is 646. The molecule has 1 heterocycles. The average Bonchev–Trinajstić information content (AvgIpc) is 2.54. The molecule has 0 radical (unpaired) electrons. The van der Waals surface area contributed by atoms with E-state index in [0.29, 0.717) is 31.1 Å². The van der Waals surface area contributed by atoms with Crippen LogP contribution < -0.4 is 10.0 Å². The fraction of sp³-hybridized carbons (Fsp3) is 0.562. The van der Waals surface area contributed by atoms with Crippen LogP contribution in [0.15, 0.2) is 24.3 Å². The van der Waals surface area contributed by atoms with Gasteiger partial charge in [0, 0.05) is 31.7 Å². The van der Waals surface area contributed by atoms with Crippen LogP contribution in [-0.4, -0.2) is 38.3 Å². The van der Waals surface area contributed by atoms with Gasteiger partial charge in [-0.1, -0.05) is 19.1 Å². The third-order valence-electron chi connectivity index (χ3n) is 3.94. The van der Waals surface area contributed by atoms with Gasteiger partial charge in [-0.2, -0.15) is 17.4 Å². The number of carbonyl (C=O) groups is 1. The molecular formula is C16H25N3O3S. The number of hydrogen-bond acceptors (Lipinski definition) is 3. The summed E-state index contributed by atoms with van der Waals surface area (Å²) in [7, 11) is -3.47. The summed E-state index contributed by atoms with van der Waals surface area (Å²) in [5.74, 6) is 0.239. The molecule has 128 valence electrons. The summed E-state index contributed by atoms with van der Waals surface area (Å²) < 4.78 is 28.9. The third-order valence-corrected chi connectivity index (χ3v) is 5.47. The first kappa shape index (κ1) is 17.9. The van der Waals surface area contributed by atoms with Crippen molar-refractivity contribution in [1.29, 1.82) is 0 Å². The van der Waals surface area contributed by atoms with Gasteiger partial charge in [-0.3, -0.25) is 4.79 Å². The standard InChI is InChI=1S/C16H25N3O3S/c1-3-17-16(20)15-8-4-7-14(10-15)11-18-23(21,22)19-9-5-6-13(2)12-19/h4,7-8,10,13,18H,3,5-6,9,11-12H2,1-2H3,(H,17,20). The van der Waals surface area contributed by atoms with Crippen LogP contribution in [0.4, 0.5) is 0 Å². The number of amides is 1. The third kappa shape index (κ3) is 5.02. The molecule has 1 aliphatic heterocycles. The summed E-state index contributed by atoms with van der Waals surface area (Å²) in [4.78, 5) is 11.8. The molecule has 1 amide bonds. The van der Waals surface area contributed by atoms with E-state index in [0.717, 1.165) is 18.4 Å². The maximum atomic E-state index is 12.4. The van der Waals surface area contributed by atoms with Gasteiger partial charge >= 0.3 is 0 Å². The van der Waals surface area contributed by atoms with E-state index in [9.17, 15) is 13.2 Å². The van der Waals surface area contributed by atoms with Crippen molar-refractivity contribution in [3.63, 3.8) is 0 Å². The fourth-order valence-corrected chi connectivity index (χ4v) is 4.07. The Hall–Kier alpha value is -1.44. The van der Waals surface area contributed by atoms with E-state index in [1.165, 1.54) is 4.31 Å². The first-order chi connectivity index (χ1) is 10.9. The van der Waals surface area contributed by atoms with E-state index in [-0.39, 0.29) is 12.5 Å². The first-order valence-electron chi connectivity index (χ1n) is 8.04. The second-order valence-corrected chi connectivity index (χ2v) is 7.75. The molecule has 23 heavy (non-hydrogen) atoms. The molecular weight excluding hydrogens is 314 g/mol. The molecule has 1 saturated heterocycles. The minimum Gasteiger partial charge on any atom is -0.352 e. The van der Waals surface area contributed by atoms with Crippen LogP contribution in [0.25, 0.3) is 0 Å². The SMILES string of the molecule is CCNC(=O)c1cccc(CNS(=O)(=O)N2CCCC(C)C2)c1. The Morgan fingerprint density at radius 2 is 2.17 bits per heavy atom. The second kappa shape index (κ2) is 7.90. The van der Waals surface area contributed by atoms with Crippen LogP contribution in [-0.2, 0) is 16.8 Å². The van der Waals surface area contributed by atoms with Crippen molar-refractivity contribution in [2.45, 2.75) is 33.2 Å². The van der Waals surface area contributed by atoms with Gasteiger partial charge in [0.05, 0.1) is 0 Å². The molecule has 7 heteroatoms. The van der Waals surface area contributed by atoms with Gasteiger partial charge < -0.3 is 5.32 Å². The van der Waals surface area contributed by atoms with E-state index in [1.807, 2.05) is 13.0 Å². The van der Waals surface area contributed by atoms with Gasteiger partial charge in [0.1, 0.15) is 0 Å². The number of carbonyl (C=O) groups excluding carboxylic acids is 1. The molecule has 2 rings (SSSR count). The van der Waals surface area contributed by atoms with E-state index < -0.39 is 10.2 Å². The van der Waals surface area contributed by atoms with Crippen LogP contribution in [0.3, 0.4) is 0 Å². The lowest BCUT2D eigenvalue weighted by Crippen LogP contribution is -2.45. The predicted octanol–water partition coefficient (Wildman–Crippen LogP) is 1.50. The zero-order chi connectivity index (χ0) is 16.9. The van der Waals surface area contributed by atoms with Crippen LogP contribution in [0.5, 0.6) is 0 Å². The number of nitrogens with one attached hydrogen (secondary N) is 2. The van der Waals surface area contributed by atoms with Gasteiger partial charge in [-0.05, 0) is 43.4 Å². The first-order valence-corrected chi connectivity index (χ1v) is 9.48. The Labute approximate surface area is 138 Å². The van der Waals surface area contributed by atoms with Crippen molar-refractivity contribution in [2.75, 3.05) is 19.6 Å². The van der Waals surface area contributed by atoms with Gasteiger partial charge in [-0.15, -0.1) is 0 Å². The van der Waals surface area contributed by atoms with E-state index in [4.69, 9.17) is 0 Å². The number of nitrogens with zero attached hydrogens (tertiary/aromatic N) is 1. The van der Waals surface area contributed by atoms with Crippen LogP contribution in [0.2, 0.25) is 0 Å². The zero-order valence-corrected chi connectivity index (χ0v) is 14.5. The normalized spacial score (nSPS) is 19.5. The predicted molar refractivity (Wildman–Crippen MR) is 90.2 cm³/mol. The maximum absolute atomic E-state index is 12.4. The van der Waals surface area contributed by atoms with E-state index >= 15 is 0 Å². The highest BCUT2D eigenvalue weighted by atomic mass is 32.2. The summed E-state index contributed by atoms with van der Waals surface area (Å²) in [6, 6.07) is 7.00. The van der Waals surface area contributed by atoms with Crippen molar-refractivity contribution in [1.82, 2.24) is 14.3 Å². The molecule has 0 aromatic heterocycles.